The number of hydrogen-bond donors (Lipinski definition) is 3. The first-order valence-corrected chi connectivity index (χ1v) is 9.33. The van der Waals surface area contributed by atoms with Crippen molar-refractivity contribution < 1.29 is 19.1 Å². The van der Waals surface area contributed by atoms with Gasteiger partial charge in [-0.1, -0.05) is 49.4 Å². The summed E-state index contributed by atoms with van der Waals surface area (Å²) in [7, 11) is 0. The van der Waals surface area contributed by atoms with Gasteiger partial charge in [0, 0.05) is 12.3 Å². The first-order valence-electron chi connectivity index (χ1n) is 9.33. The molecule has 0 aromatic heterocycles. The van der Waals surface area contributed by atoms with Gasteiger partial charge in [0.2, 0.25) is 17.7 Å². The van der Waals surface area contributed by atoms with Crippen molar-refractivity contribution in [2.75, 3.05) is 0 Å². The number of amides is 3. The summed E-state index contributed by atoms with van der Waals surface area (Å²) in [6, 6.07) is 16.2. The number of benzene rings is 2. The quantitative estimate of drug-likeness (QED) is 0.532. The van der Waals surface area contributed by atoms with E-state index in [1.54, 1.807) is 19.1 Å². The van der Waals surface area contributed by atoms with E-state index < -0.39 is 29.7 Å². The van der Waals surface area contributed by atoms with E-state index in [9.17, 15) is 14.4 Å². The van der Waals surface area contributed by atoms with Crippen LogP contribution >= 0.6 is 0 Å². The molecule has 0 saturated heterocycles. The molecule has 0 spiro atoms. The minimum absolute atomic E-state index is 0.195. The Morgan fingerprint density at radius 1 is 0.966 bits per heavy atom. The molecule has 5 N–H and O–H groups in total. The van der Waals surface area contributed by atoms with E-state index >= 15 is 0 Å². The summed E-state index contributed by atoms with van der Waals surface area (Å²) < 4.78 is 5.73. The summed E-state index contributed by atoms with van der Waals surface area (Å²) in [5.41, 5.74) is 12.5. The molecule has 3 amide bonds. The monoisotopic (exact) mass is 396 g/mol. The zero-order valence-electron chi connectivity index (χ0n) is 16.3. The fourth-order valence-electron chi connectivity index (χ4n) is 2.55. The van der Waals surface area contributed by atoms with Crippen LogP contribution in [0.5, 0.6) is 5.75 Å². The van der Waals surface area contributed by atoms with Crippen LogP contribution in [0.25, 0.3) is 0 Å². The molecule has 153 valence electrons. The van der Waals surface area contributed by atoms with Crippen LogP contribution in [0.2, 0.25) is 0 Å². The predicted molar refractivity (Wildman–Crippen MR) is 109 cm³/mol. The van der Waals surface area contributed by atoms with Crippen LogP contribution in [0.1, 0.15) is 24.5 Å². The highest BCUT2D eigenvalue weighted by molar-refractivity contribution is 5.91. The third-order valence-corrected chi connectivity index (χ3v) is 4.41. The summed E-state index contributed by atoms with van der Waals surface area (Å²) in [5.74, 6) is -1.36. The number of hydrogen-bond acceptors (Lipinski definition) is 4. The maximum atomic E-state index is 12.0. The van der Waals surface area contributed by atoms with Crippen LogP contribution in [0.4, 0.5) is 0 Å². The minimum Gasteiger partial charge on any atom is -0.489 e. The molecule has 0 bridgehead atoms. The molecule has 2 aromatic rings. The lowest BCUT2D eigenvalue weighted by Gasteiger charge is -2.16. The van der Waals surface area contributed by atoms with Crippen LogP contribution in [0, 0.1) is 12.3 Å². The molecule has 0 aliphatic carbocycles. The standard InChI is InChI=1S/C22H26N3O4/c1-15(21(23)27)7-12-20(26)25-19(22(24)28)13-16-8-10-18(11-9-16)29-14-17-5-3-2-4-6-17/h2-6,8-12,15,19H,7,13-14H2,1H3,(H2,23,27)(H2,24,28)(H,25,26). The lowest BCUT2D eigenvalue weighted by atomic mass is 10.0. The van der Waals surface area contributed by atoms with Crippen molar-refractivity contribution in [3.05, 3.63) is 72.1 Å². The minimum atomic E-state index is -0.862. The average Bonchev–Trinajstić information content (AvgIpc) is 2.71. The molecule has 0 aliphatic heterocycles. The number of nitrogens with two attached hydrogens (primary N) is 2. The zero-order valence-corrected chi connectivity index (χ0v) is 16.3. The number of nitrogens with one attached hydrogen (secondary N) is 1. The number of primary amides is 2. The largest absolute Gasteiger partial charge is 0.489 e. The fraction of sp³-hybridized carbons (Fsp3) is 0.273. The third kappa shape index (κ3) is 7.65. The third-order valence-electron chi connectivity index (χ3n) is 4.41. The lowest BCUT2D eigenvalue weighted by Crippen LogP contribution is -2.46. The first-order chi connectivity index (χ1) is 13.8. The van der Waals surface area contributed by atoms with Gasteiger partial charge in [-0.05, 0) is 29.7 Å². The van der Waals surface area contributed by atoms with Crippen molar-refractivity contribution in [1.29, 1.82) is 0 Å². The Kier molecular flexibility index (Phi) is 8.21. The number of rotatable bonds is 11. The fourth-order valence-corrected chi connectivity index (χ4v) is 2.55. The Bertz CT molecular complexity index is 822. The average molecular weight is 396 g/mol. The maximum absolute atomic E-state index is 12.0. The summed E-state index contributed by atoms with van der Waals surface area (Å²) in [5, 5.41) is 2.57. The Balaban J connectivity index is 1.87. The molecule has 2 atom stereocenters. The molecule has 0 heterocycles. The SMILES string of the molecule is CC(C[CH]C(=O)NC(Cc1ccc(OCc2ccccc2)cc1)C(N)=O)C(N)=O. The molecule has 7 nitrogen and oxygen atoms in total. The molecule has 0 saturated carbocycles. The second kappa shape index (κ2) is 10.8. The first kappa shape index (κ1) is 21.9. The van der Waals surface area contributed by atoms with Crippen molar-refractivity contribution in [1.82, 2.24) is 5.32 Å². The van der Waals surface area contributed by atoms with E-state index in [4.69, 9.17) is 16.2 Å². The molecule has 2 rings (SSSR count). The van der Waals surface area contributed by atoms with Crippen molar-refractivity contribution in [3.8, 4) is 5.75 Å². The number of carbonyl (C=O) groups excluding carboxylic acids is 3. The van der Waals surface area contributed by atoms with Crippen molar-refractivity contribution in [2.24, 2.45) is 17.4 Å². The van der Waals surface area contributed by atoms with Gasteiger partial charge in [-0.3, -0.25) is 14.4 Å². The Labute approximate surface area is 170 Å². The predicted octanol–water partition coefficient (Wildman–Crippen LogP) is 1.49. The van der Waals surface area contributed by atoms with E-state index in [1.807, 2.05) is 42.5 Å². The second-order valence-corrected chi connectivity index (χ2v) is 6.83. The molecule has 7 heteroatoms. The van der Waals surface area contributed by atoms with Crippen LogP contribution in [0.15, 0.2) is 54.6 Å². The molecule has 0 aliphatic rings. The van der Waals surface area contributed by atoms with Crippen molar-refractivity contribution >= 4 is 17.7 Å². The summed E-state index contributed by atoms with van der Waals surface area (Å²) in [4.78, 5) is 34.7. The van der Waals surface area contributed by atoms with E-state index in [0.29, 0.717) is 12.4 Å². The molecule has 1 radical (unpaired) electrons. The van der Waals surface area contributed by atoms with Crippen molar-refractivity contribution in [2.45, 2.75) is 32.4 Å². The van der Waals surface area contributed by atoms with E-state index in [2.05, 4.69) is 5.32 Å². The van der Waals surface area contributed by atoms with Crippen LogP contribution < -0.4 is 21.5 Å². The van der Waals surface area contributed by atoms with Crippen molar-refractivity contribution in [3.63, 3.8) is 0 Å². The highest BCUT2D eigenvalue weighted by Crippen LogP contribution is 2.15. The molecular weight excluding hydrogens is 370 g/mol. The smallest absolute Gasteiger partial charge is 0.240 e. The molecule has 0 fully saturated rings. The molecule has 2 unspecified atom stereocenters. The van der Waals surface area contributed by atoms with Crippen LogP contribution in [-0.2, 0) is 27.4 Å². The van der Waals surface area contributed by atoms with Crippen LogP contribution in [-0.4, -0.2) is 23.8 Å². The van der Waals surface area contributed by atoms with Crippen LogP contribution in [0.3, 0.4) is 0 Å². The Morgan fingerprint density at radius 2 is 1.62 bits per heavy atom. The molecule has 29 heavy (non-hydrogen) atoms. The zero-order chi connectivity index (χ0) is 21.2. The summed E-state index contributed by atoms with van der Waals surface area (Å²) in [6.45, 7) is 2.08. The van der Waals surface area contributed by atoms with E-state index in [0.717, 1.165) is 11.1 Å². The van der Waals surface area contributed by atoms with Gasteiger partial charge in [-0.15, -0.1) is 0 Å². The summed E-state index contributed by atoms with van der Waals surface area (Å²) >= 11 is 0. The van der Waals surface area contributed by atoms with Gasteiger partial charge in [0.05, 0.1) is 6.42 Å². The Hall–Kier alpha value is -3.35. The number of carbonyl (C=O) groups is 3. The van der Waals surface area contributed by atoms with E-state index in [1.165, 1.54) is 6.42 Å². The van der Waals surface area contributed by atoms with Gasteiger partial charge >= 0.3 is 0 Å². The topological polar surface area (TPSA) is 125 Å². The highest BCUT2D eigenvalue weighted by Gasteiger charge is 2.20. The van der Waals surface area contributed by atoms with Gasteiger partial charge in [0.25, 0.3) is 0 Å². The lowest BCUT2D eigenvalue weighted by molar-refractivity contribution is -0.126. The van der Waals surface area contributed by atoms with Gasteiger partial charge in [-0.25, -0.2) is 0 Å². The van der Waals surface area contributed by atoms with Gasteiger partial charge < -0.3 is 21.5 Å². The second-order valence-electron chi connectivity index (χ2n) is 6.83. The number of ether oxygens (including phenoxy) is 1. The summed E-state index contributed by atoms with van der Waals surface area (Å²) in [6.07, 6.45) is 1.74. The van der Waals surface area contributed by atoms with Gasteiger partial charge in [-0.2, -0.15) is 0 Å². The normalized spacial score (nSPS) is 12.6. The maximum Gasteiger partial charge on any atom is 0.240 e. The highest BCUT2D eigenvalue weighted by atomic mass is 16.5. The van der Waals surface area contributed by atoms with Gasteiger partial charge in [0.1, 0.15) is 18.4 Å². The molecular formula is C22H26N3O4. The molecule has 2 aromatic carbocycles. The van der Waals surface area contributed by atoms with E-state index in [-0.39, 0.29) is 12.8 Å². The Morgan fingerprint density at radius 3 is 2.21 bits per heavy atom. The van der Waals surface area contributed by atoms with Gasteiger partial charge in [0.15, 0.2) is 0 Å².